The van der Waals surface area contributed by atoms with E-state index in [1.807, 2.05) is 24.3 Å². The number of hydrogen-bond acceptors (Lipinski definition) is 8. The molecule has 40 heavy (non-hydrogen) atoms. The largest absolute Gasteiger partial charge is 0.372 e. The van der Waals surface area contributed by atoms with Gasteiger partial charge in [0.05, 0.1) is 4.92 Å². The number of nitro groups is 1. The monoisotopic (exact) mass is 546 g/mol. The average Bonchev–Trinajstić information content (AvgIpc) is 3.29. The van der Waals surface area contributed by atoms with Gasteiger partial charge < -0.3 is 14.7 Å². The third kappa shape index (κ3) is 5.25. The summed E-state index contributed by atoms with van der Waals surface area (Å²) in [5.41, 5.74) is 3.86. The summed E-state index contributed by atoms with van der Waals surface area (Å²) in [6.07, 6.45) is 2.85. The summed E-state index contributed by atoms with van der Waals surface area (Å²) < 4.78 is 0. The predicted molar refractivity (Wildman–Crippen MR) is 149 cm³/mol. The Kier molecular flexibility index (Phi) is 7.14. The Morgan fingerprint density at radius 2 is 1.52 bits per heavy atom. The molecule has 3 fully saturated rings. The highest BCUT2D eigenvalue weighted by Gasteiger charge is 2.39. The molecule has 2 aromatic carbocycles. The maximum absolute atomic E-state index is 13.0. The van der Waals surface area contributed by atoms with Gasteiger partial charge in [0.15, 0.2) is 0 Å². The highest BCUT2D eigenvalue weighted by atomic mass is 16.6. The van der Waals surface area contributed by atoms with Crippen molar-refractivity contribution in [2.75, 3.05) is 55.6 Å². The summed E-state index contributed by atoms with van der Waals surface area (Å²) in [6.45, 7) is 7.23. The number of piperazine rings is 1. The molecule has 0 spiro atoms. The van der Waals surface area contributed by atoms with Crippen LogP contribution in [-0.2, 0) is 16.1 Å². The Balaban J connectivity index is 0.986. The van der Waals surface area contributed by atoms with E-state index in [0.717, 1.165) is 75.6 Å². The number of carbonyl (C=O) groups excluding carboxylic acids is 3. The van der Waals surface area contributed by atoms with Crippen LogP contribution in [0.4, 0.5) is 17.1 Å². The van der Waals surface area contributed by atoms with Crippen molar-refractivity contribution in [3.8, 4) is 0 Å². The minimum absolute atomic E-state index is 0.125. The van der Waals surface area contributed by atoms with Gasteiger partial charge in [-0.05, 0) is 61.1 Å². The van der Waals surface area contributed by atoms with Crippen LogP contribution in [-0.4, -0.2) is 84.3 Å². The molecule has 0 bridgehead atoms. The fraction of sp³-hybridized carbons (Fsp3) is 0.483. The van der Waals surface area contributed by atoms with Crippen molar-refractivity contribution in [1.29, 1.82) is 0 Å². The van der Waals surface area contributed by atoms with Crippen LogP contribution in [0.15, 0.2) is 42.5 Å². The van der Waals surface area contributed by atoms with Gasteiger partial charge in [-0.2, -0.15) is 0 Å². The number of hydrogen-bond donors (Lipinski definition) is 1. The molecule has 3 saturated heterocycles. The molecule has 210 valence electrons. The second-order valence-corrected chi connectivity index (χ2v) is 11.2. The van der Waals surface area contributed by atoms with Crippen molar-refractivity contribution in [2.24, 2.45) is 5.92 Å². The number of nitrogens with one attached hydrogen (secondary N) is 1. The van der Waals surface area contributed by atoms with E-state index in [4.69, 9.17) is 0 Å². The van der Waals surface area contributed by atoms with E-state index in [0.29, 0.717) is 24.4 Å². The number of amides is 3. The zero-order valence-electron chi connectivity index (χ0n) is 22.5. The summed E-state index contributed by atoms with van der Waals surface area (Å²) in [4.78, 5) is 56.2. The van der Waals surface area contributed by atoms with E-state index >= 15 is 0 Å². The lowest BCUT2D eigenvalue weighted by Crippen LogP contribution is -2.52. The first-order chi connectivity index (χ1) is 19.4. The predicted octanol–water partition coefficient (Wildman–Crippen LogP) is 2.39. The van der Waals surface area contributed by atoms with Gasteiger partial charge in [-0.1, -0.05) is 0 Å². The Labute approximate surface area is 232 Å². The molecule has 0 aliphatic carbocycles. The number of nitrogens with zero attached hydrogens (tertiary/aromatic N) is 5. The smallest absolute Gasteiger partial charge is 0.269 e. The third-order valence-corrected chi connectivity index (χ3v) is 8.80. The van der Waals surface area contributed by atoms with Gasteiger partial charge in [0.1, 0.15) is 6.04 Å². The Hall–Kier alpha value is -3.99. The zero-order valence-corrected chi connectivity index (χ0v) is 22.5. The molecular formula is C29H34N6O5. The number of benzene rings is 2. The first kappa shape index (κ1) is 26.2. The van der Waals surface area contributed by atoms with Crippen molar-refractivity contribution >= 4 is 34.8 Å². The number of imide groups is 1. The summed E-state index contributed by atoms with van der Waals surface area (Å²) in [6, 6.07) is 12.2. The molecular weight excluding hydrogens is 512 g/mol. The molecule has 4 aliphatic rings. The van der Waals surface area contributed by atoms with Gasteiger partial charge in [0.2, 0.25) is 11.8 Å². The van der Waals surface area contributed by atoms with Crippen molar-refractivity contribution in [3.63, 3.8) is 0 Å². The number of carbonyl (C=O) groups is 3. The summed E-state index contributed by atoms with van der Waals surface area (Å²) >= 11 is 0. The number of anilines is 2. The maximum Gasteiger partial charge on any atom is 0.269 e. The first-order valence-electron chi connectivity index (χ1n) is 14.1. The molecule has 2 aromatic rings. The summed E-state index contributed by atoms with van der Waals surface area (Å²) in [5.74, 6) is -0.157. The lowest BCUT2D eigenvalue weighted by atomic mass is 9.95. The molecule has 1 unspecified atom stereocenters. The van der Waals surface area contributed by atoms with Crippen LogP contribution in [0.25, 0.3) is 0 Å². The number of non-ortho nitro benzene ring substituents is 1. The second kappa shape index (κ2) is 10.9. The number of fused-ring (bicyclic) bond motifs is 1. The summed E-state index contributed by atoms with van der Waals surface area (Å²) in [7, 11) is 0. The van der Waals surface area contributed by atoms with Crippen LogP contribution in [0.2, 0.25) is 0 Å². The fourth-order valence-corrected chi connectivity index (χ4v) is 6.47. The molecule has 1 atom stereocenters. The highest BCUT2D eigenvalue weighted by molar-refractivity contribution is 6.05. The van der Waals surface area contributed by atoms with E-state index in [1.54, 1.807) is 17.0 Å². The maximum atomic E-state index is 13.0. The molecule has 0 saturated carbocycles. The van der Waals surface area contributed by atoms with E-state index in [1.165, 1.54) is 0 Å². The lowest BCUT2D eigenvalue weighted by molar-refractivity contribution is -0.384. The van der Waals surface area contributed by atoms with Crippen LogP contribution in [0, 0.1) is 16.0 Å². The molecule has 0 radical (unpaired) electrons. The lowest BCUT2D eigenvalue weighted by Gasteiger charge is -2.40. The van der Waals surface area contributed by atoms with E-state index in [2.05, 4.69) is 26.1 Å². The van der Waals surface area contributed by atoms with E-state index in [9.17, 15) is 24.5 Å². The third-order valence-electron chi connectivity index (χ3n) is 8.80. The Bertz CT molecular complexity index is 1310. The van der Waals surface area contributed by atoms with E-state index in [-0.39, 0.29) is 34.8 Å². The van der Waals surface area contributed by atoms with Crippen LogP contribution in [0.5, 0.6) is 0 Å². The molecule has 3 amide bonds. The SMILES string of the molecule is O=C1CCC(N2Cc3cc(N4CCN(CC5CCN(c6ccc([N+](=O)[O-])cc6)CC5)CC4)ccc3C2=O)C(=O)N1. The van der Waals surface area contributed by atoms with Gasteiger partial charge in [0, 0.05) is 87.8 Å². The normalized spacial score (nSPS) is 22.4. The molecule has 4 aliphatic heterocycles. The Morgan fingerprint density at radius 3 is 2.20 bits per heavy atom. The van der Waals surface area contributed by atoms with Crippen molar-refractivity contribution in [1.82, 2.24) is 15.1 Å². The summed E-state index contributed by atoms with van der Waals surface area (Å²) in [5, 5.41) is 13.3. The molecule has 11 heteroatoms. The van der Waals surface area contributed by atoms with Crippen molar-refractivity contribution in [3.05, 3.63) is 63.7 Å². The van der Waals surface area contributed by atoms with Crippen LogP contribution in [0.1, 0.15) is 41.6 Å². The number of rotatable bonds is 6. The second-order valence-electron chi connectivity index (χ2n) is 11.2. The first-order valence-corrected chi connectivity index (χ1v) is 14.1. The standard InChI is InChI=1S/C29H34N6O5/c36-27-8-7-26(28(37)30-27)34-19-21-17-24(5-6-25(21)29(34)38)33-15-13-31(14-16-33)18-20-9-11-32(12-10-20)22-1-3-23(4-2-22)35(39)40/h1-6,17,20,26H,7-16,18-19H2,(H,30,36,37). The zero-order chi connectivity index (χ0) is 27.8. The van der Waals surface area contributed by atoms with Gasteiger partial charge >= 0.3 is 0 Å². The quantitative estimate of drug-likeness (QED) is 0.333. The van der Waals surface area contributed by atoms with Gasteiger partial charge in [-0.15, -0.1) is 0 Å². The van der Waals surface area contributed by atoms with Crippen LogP contribution < -0.4 is 15.1 Å². The average molecular weight is 547 g/mol. The van der Waals surface area contributed by atoms with Crippen molar-refractivity contribution in [2.45, 2.75) is 38.3 Å². The molecule has 11 nitrogen and oxygen atoms in total. The molecule has 4 heterocycles. The molecule has 0 aromatic heterocycles. The Morgan fingerprint density at radius 1 is 0.850 bits per heavy atom. The minimum Gasteiger partial charge on any atom is -0.372 e. The fourth-order valence-electron chi connectivity index (χ4n) is 6.47. The topological polar surface area (TPSA) is 119 Å². The number of piperidine rings is 2. The highest BCUT2D eigenvalue weighted by Crippen LogP contribution is 2.31. The molecule has 1 N–H and O–H groups in total. The van der Waals surface area contributed by atoms with E-state index < -0.39 is 6.04 Å². The minimum atomic E-state index is -0.592. The van der Waals surface area contributed by atoms with Gasteiger partial charge in [-0.3, -0.25) is 34.7 Å². The van der Waals surface area contributed by atoms with Crippen molar-refractivity contribution < 1.29 is 19.3 Å². The van der Waals surface area contributed by atoms with Crippen LogP contribution >= 0.6 is 0 Å². The molecule has 6 rings (SSSR count). The van der Waals surface area contributed by atoms with Gasteiger partial charge in [0.25, 0.3) is 11.6 Å². The number of nitro benzene ring substituents is 1. The van der Waals surface area contributed by atoms with Crippen LogP contribution in [0.3, 0.4) is 0 Å². The van der Waals surface area contributed by atoms with Gasteiger partial charge in [-0.25, -0.2) is 0 Å².